The Labute approximate surface area is 204 Å². The largest absolute Gasteiger partial charge is 0.352 e. The van der Waals surface area contributed by atoms with Crippen LogP contribution in [0, 0.1) is 0 Å². The summed E-state index contributed by atoms with van der Waals surface area (Å²) in [6.07, 6.45) is 4.50. The lowest BCUT2D eigenvalue weighted by Gasteiger charge is -2.23. The molecule has 3 aromatic rings. The molecule has 0 spiro atoms. The summed E-state index contributed by atoms with van der Waals surface area (Å²) in [7, 11) is 0. The third-order valence-electron chi connectivity index (χ3n) is 5.63. The molecule has 1 aliphatic rings. The maximum atomic E-state index is 13.2. The minimum Gasteiger partial charge on any atom is -0.352 e. The van der Waals surface area contributed by atoms with E-state index in [0.717, 1.165) is 17.2 Å². The normalized spacial score (nSPS) is 15.4. The van der Waals surface area contributed by atoms with Crippen molar-refractivity contribution in [1.82, 2.24) is 10.6 Å². The van der Waals surface area contributed by atoms with E-state index in [1.54, 1.807) is 6.20 Å². The molecule has 0 saturated carbocycles. The number of hydrogen-bond donors (Lipinski definition) is 2. The van der Waals surface area contributed by atoms with Crippen LogP contribution in [0.25, 0.3) is 0 Å². The topological polar surface area (TPSA) is 53.5 Å². The summed E-state index contributed by atoms with van der Waals surface area (Å²) in [6, 6.07) is 27.9. The lowest BCUT2D eigenvalue weighted by atomic mass is 9.88. The molecule has 1 unspecified atom stereocenters. The van der Waals surface area contributed by atoms with Gasteiger partial charge in [-0.05, 0) is 41.5 Å². The first-order valence-electron chi connectivity index (χ1n) is 10.9. The van der Waals surface area contributed by atoms with Gasteiger partial charge in [0, 0.05) is 23.7 Å². The Bertz CT molecular complexity index is 1110. The van der Waals surface area contributed by atoms with Crippen LogP contribution < -0.4 is 10.6 Å². The maximum absolute atomic E-state index is 13.2. The Balaban J connectivity index is 1.48. The average molecular weight is 476 g/mol. The predicted octanol–water partition coefficient (Wildman–Crippen LogP) is 5.93. The van der Waals surface area contributed by atoms with E-state index >= 15 is 0 Å². The maximum Gasteiger partial charge on any atom is 0.251 e. The Morgan fingerprint density at radius 1 is 1.03 bits per heavy atom. The molecular weight excluding hydrogens is 450 g/mol. The highest BCUT2D eigenvalue weighted by molar-refractivity contribution is 8.13. The number of nitrogens with one attached hydrogen (secondary N) is 2. The fourth-order valence-corrected chi connectivity index (χ4v) is 4.59. The molecule has 0 aliphatic carbocycles. The number of halogens is 1. The van der Waals surface area contributed by atoms with Gasteiger partial charge >= 0.3 is 0 Å². The van der Waals surface area contributed by atoms with Gasteiger partial charge < -0.3 is 10.6 Å². The first-order chi connectivity index (χ1) is 16.2. The number of carbonyl (C=O) groups is 1. The number of amidine groups is 1. The molecule has 1 atom stereocenters. The molecule has 1 aliphatic heterocycles. The summed E-state index contributed by atoms with van der Waals surface area (Å²) in [4.78, 5) is 17.9. The van der Waals surface area contributed by atoms with Gasteiger partial charge in [0.15, 0.2) is 5.17 Å². The SMILES string of the molecule is CSC1=NC(c2cccc(Cl)c2)C(C(=O)NCCC(c2ccccc2)c2ccccc2)=CN1. The fraction of sp³-hybridized carbons (Fsp3) is 0.185. The van der Waals surface area contributed by atoms with E-state index in [2.05, 4.69) is 59.2 Å². The van der Waals surface area contributed by atoms with Crippen molar-refractivity contribution >= 4 is 34.4 Å². The van der Waals surface area contributed by atoms with Gasteiger partial charge in [0.1, 0.15) is 6.04 Å². The highest BCUT2D eigenvalue weighted by Gasteiger charge is 2.26. The predicted molar refractivity (Wildman–Crippen MR) is 139 cm³/mol. The van der Waals surface area contributed by atoms with Crippen molar-refractivity contribution in [3.05, 3.63) is 118 Å². The molecule has 6 heteroatoms. The molecule has 3 aromatic carbocycles. The van der Waals surface area contributed by atoms with Crippen molar-refractivity contribution in [3.8, 4) is 0 Å². The quantitative estimate of drug-likeness (QED) is 0.445. The van der Waals surface area contributed by atoms with E-state index in [1.807, 2.05) is 42.7 Å². The minimum atomic E-state index is -0.397. The van der Waals surface area contributed by atoms with Gasteiger partial charge in [-0.3, -0.25) is 4.79 Å². The van der Waals surface area contributed by atoms with Crippen LogP contribution in [0.15, 0.2) is 102 Å². The summed E-state index contributed by atoms with van der Waals surface area (Å²) in [5.74, 6) is 0.0762. The molecule has 0 bridgehead atoms. The first kappa shape index (κ1) is 23.1. The third kappa shape index (κ3) is 5.86. The highest BCUT2D eigenvalue weighted by Crippen LogP contribution is 2.31. The number of carbonyl (C=O) groups excluding carboxylic acids is 1. The molecule has 4 nitrogen and oxygen atoms in total. The van der Waals surface area contributed by atoms with Crippen molar-refractivity contribution in [2.75, 3.05) is 12.8 Å². The highest BCUT2D eigenvalue weighted by atomic mass is 35.5. The second-order valence-corrected chi connectivity index (χ2v) is 8.99. The zero-order chi connectivity index (χ0) is 23.0. The monoisotopic (exact) mass is 475 g/mol. The lowest BCUT2D eigenvalue weighted by molar-refractivity contribution is -0.117. The van der Waals surface area contributed by atoms with Gasteiger partial charge in [0.05, 0.1) is 5.57 Å². The Kier molecular flexibility index (Phi) is 7.87. The molecule has 1 heterocycles. The van der Waals surface area contributed by atoms with E-state index < -0.39 is 6.04 Å². The van der Waals surface area contributed by atoms with Crippen LogP contribution in [-0.4, -0.2) is 23.9 Å². The summed E-state index contributed by atoms with van der Waals surface area (Å²) in [5.41, 5.74) is 3.94. The smallest absolute Gasteiger partial charge is 0.251 e. The minimum absolute atomic E-state index is 0.128. The molecule has 168 valence electrons. The van der Waals surface area contributed by atoms with E-state index in [4.69, 9.17) is 16.6 Å². The molecule has 1 amide bonds. The van der Waals surface area contributed by atoms with Gasteiger partial charge in [-0.1, -0.05) is 96.2 Å². The van der Waals surface area contributed by atoms with Gasteiger partial charge in [0.2, 0.25) is 0 Å². The van der Waals surface area contributed by atoms with Crippen LogP contribution in [-0.2, 0) is 4.79 Å². The second-order valence-electron chi connectivity index (χ2n) is 7.76. The summed E-state index contributed by atoms with van der Waals surface area (Å²) >= 11 is 7.72. The van der Waals surface area contributed by atoms with E-state index in [9.17, 15) is 4.79 Å². The van der Waals surface area contributed by atoms with Crippen LogP contribution in [0.1, 0.15) is 35.1 Å². The van der Waals surface area contributed by atoms with Gasteiger partial charge in [-0.2, -0.15) is 0 Å². The molecule has 2 N–H and O–H groups in total. The number of aliphatic imine (C=N–C) groups is 1. The summed E-state index contributed by atoms with van der Waals surface area (Å²) < 4.78 is 0. The van der Waals surface area contributed by atoms with E-state index in [-0.39, 0.29) is 11.8 Å². The summed E-state index contributed by atoms with van der Waals surface area (Å²) in [5, 5.41) is 7.63. The van der Waals surface area contributed by atoms with Crippen molar-refractivity contribution in [2.45, 2.75) is 18.4 Å². The number of rotatable bonds is 7. The third-order valence-corrected chi connectivity index (χ3v) is 6.48. The molecule has 0 fully saturated rings. The van der Waals surface area contributed by atoms with E-state index in [1.165, 1.54) is 22.9 Å². The van der Waals surface area contributed by atoms with Crippen LogP contribution in [0.5, 0.6) is 0 Å². The number of benzene rings is 3. The number of hydrogen-bond acceptors (Lipinski definition) is 4. The van der Waals surface area contributed by atoms with Crippen molar-refractivity contribution in [2.24, 2.45) is 4.99 Å². The average Bonchev–Trinajstić information content (AvgIpc) is 2.87. The molecule has 0 radical (unpaired) electrons. The first-order valence-corrected chi connectivity index (χ1v) is 12.5. The van der Waals surface area contributed by atoms with Crippen LogP contribution in [0.2, 0.25) is 5.02 Å². The van der Waals surface area contributed by atoms with Gasteiger partial charge in [-0.15, -0.1) is 0 Å². The summed E-state index contributed by atoms with van der Waals surface area (Å²) in [6.45, 7) is 0.548. The Hall–Kier alpha value is -3.02. The van der Waals surface area contributed by atoms with E-state index in [0.29, 0.717) is 17.1 Å². The number of nitrogens with zero attached hydrogens (tertiary/aromatic N) is 1. The number of thioether (sulfide) groups is 1. The second kappa shape index (κ2) is 11.2. The van der Waals surface area contributed by atoms with Gasteiger partial charge in [0.25, 0.3) is 5.91 Å². The van der Waals surface area contributed by atoms with Crippen molar-refractivity contribution < 1.29 is 4.79 Å². The molecule has 0 aromatic heterocycles. The molecule has 33 heavy (non-hydrogen) atoms. The van der Waals surface area contributed by atoms with Crippen molar-refractivity contribution in [3.63, 3.8) is 0 Å². The molecular formula is C27H26ClN3OS. The standard InChI is InChI=1S/C27H26ClN3OS/c1-33-27-30-18-24(25(31-27)21-13-8-14-22(28)17-21)26(32)29-16-15-23(19-9-4-2-5-10-19)20-11-6-3-7-12-20/h2-14,17-18,23,25H,15-16H2,1H3,(H,29,32)(H,30,31). The lowest BCUT2D eigenvalue weighted by Crippen LogP contribution is -2.33. The van der Waals surface area contributed by atoms with Crippen LogP contribution >= 0.6 is 23.4 Å². The number of amides is 1. The Morgan fingerprint density at radius 3 is 2.30 bits per heavy atom. The molecule has 4 rings (SSSR count). The van der Waals surface area contributed by atoms with Crippen molar-refractivity contribution in [1.29, 1.82) is 0 Å². The van der Waals surface area contributed by atoms with Crippen LogP contribution in [0.4, 0.5) is 0 Å². The zero-order valence-corrected chi connectivity index (χ0v) is 19.9. The van der Waals surface area contributed by atoms with Gasteiger partial charge in [-0.25, -0.2) is 4.99 Å². The fourth-order valence-electron chi connectivity index (χ4n) is 4.00. The molecule has 0 saturated heterocycles. The zero-order valence-electron chi connectivity index (χ0n) is 18.4. The Morgan fingerprint density at radius 2 is 1.70 bits per heavy atom. The van der Waals surface area contributed by atoms with Crippen LogP contribution in [0.3, 0.4) is 0 Å².